The molecule has 0 aromatic heterocycles. The fourth-order valence-electron chi connectivity index (χ4n) is 3.39. The van der Waals surface area contributed by atoms with Gasteiger partial charge in [-0.25, -0.2) is 13.2 Å². The maximum Gasteiger partial charge on any atom is 0.266 e. The van der Waals surface area contributed by atoms with Gasteiger partial charge in [-0.2, -0.15) is 0 Å². The van der Waals surface area contributed by atoms with E-state index in [2.05, 4.69) is 0 Å². The molecule has 1 saturated carbocycles. The molecule has 0 nitrogen and oxygen atoms in total. The van der Waals surface area contributed by atoms with Crippen LogP contribution in [0.25, 0.3) is 0 Å². The molecule has 0 aliphatic heterocycles. The van der Waals surface area contributed by atoms with Gasteiger partial charge < -0.3 is 0 Å². The molecule has 128 valence electrons. The van der Waals surface area contributed by atoms with Crippen LogP contribution in [-0.4, -0.2) is 6.67 Å². The van der Waals surface area contributed by atoms with Gasteiger partial charge in [-0.15, -0.1) is 0 Å². The maximum absolute atomic E-state index is 13.7. The van der Waals surface area contributed by atoms with Crippen LogP contribution < -0.4 is 0 Å². The van der Waals surface area contributed by atoms with E-state index >= 15 is 0 Å². The molecule has 0 N–H and O–H groups in total. The third-order valence-corrected chi connectivity index (χ3v) is 4.76. The summed E-state index contributed by atoms with van der Waals surface area (Å²) >= 11 is 0. The zero-order chi connectivity index (χ0) is 16.7. The van der Waals surface area contributed by atoms with Crippen LogP contribution in [0.15, 0.2) is 30.4 Å². The van der Waals surface area contributed by atoms with Gasteiger partial charge in [-0.05, 0) is 68.4 Å². The summed E-state index contributed by atoms with van der Waals surface area (Å²) in [5, 5.41) is 0. The number of halogens is 4. The highest BCUT2D eigenvalue weighted by atomic mass is 19.3. The van der Waals surface area contributed by atoms with E-state index in [1.54, 1.807) is 6.07 Å². The van der Waals surface area contributed by atoms with Gasteiger partial charge in [-0.3, -0.25) is 4.39 Å². The van der Waals surface area contributed by atoms with Gasteiger partial charge in [-0.1, -0.05) is 24.3 Å². The molecule has 1 aliphatic carbocycles. The highest BCUT2D eigenvalue weighted by molar-refractivity contribution is 5.28. The second kappa shape index (κ2) is 9.09. The molecule has 0 heterocycles. The average Bonchev–Trinajstić information content (AvgIpc) is 2.55. The van der Waals surface area contributed by atoms with Crippen molar-refractivity contribution in [3.8, 4) is 0 Å². The van der Waals surface area contributed by atoms with Gasteiger partial charge in [0.2, 0.25) is 0 Å². The summed E-state index contributed by atoms with van der Waals surface area (Å²) in [6.45, 7) is -0.303. The Morgan fingerprint density at radius 1 is 1.04 bits per heavy atom. The van der Waals surface area contributed by atoms with E-state index in [1.807, 2.05) is 12.2 Å². The first-order chi connectivity index (χ1) is 11.1. The SMILES string of the molecule is FCCC=CCC[C@H]1CC[C@H](c2ccc(C(F)F)c(F)c2)CC1. The number of alkyl halides is 3. The summed E-state index contributed by atoms with van der Waals surface area (Å²) in [5.41, 5.74) is 0.329. The first-order valence-electron chi connectivity index (χ1n) is 8.40. The van der Waals surface area contributed by atoms with Gasteiger partial charge in [0.15, 0.2) is 0 Å². The van der Waals surface area contributed by atoms with Gasteiger partial charge in [0, 0.05) is 0 Å². The lowest BCUT2D eigenvalue weighted by Gasteiger charge is -2.28. The predicted molar refractivity (Wildman–Crippen MR) is 85.0 cm³/mol. The fraction of sp³-hybridized carbons (Fsp3) is 0.579. The lowest BCUT2D eigenvalue weighted by molar-refractivity contribution is 0.146. The van der Waals surface area contributed by atoms with E-state index in [9.17, 15) is 17.6 Å². The lowest BCUT2D eigenvalue weighted by atomic mass is 9.77. The van der Waals surface area contributed by atoms with E-state index in [1.165, 1.54) is 12.1 Å². The predicted octanol–water partition coefficient (Wildman–Crippen LogP) is 6.73. The van der Waals surface area contributed by atoms with Crippen LogP contribution in [0.5, 0.6) is 0 Å². The molecule has 0 atom stereocenters. The highest BCUT2D eigenvalue weighted by Gasteiger charge is 2.23. The molecule has 0 bridgehead atoms. The quantitative estimate of drug-likeness (QED) is 0.384. The van der Waals surface area contributed by atoms with E-state index in [0.29, 0.717) is 12.3 Å². The van der Waals surface area contributed by atoms with Crippen LogP contribution in [0.4, 0.5) is 17.6 Å². The zero-order valence-corrected chi connectivity index (χ0v) is 13.3. The van der Waals surface area contributed by atoms with Gasteiger partial charge in [0.05, 0.1) is 12.2 Å². The summed E-state index contributed by atoms with van der Waals surface area (Å²) in [6, 6.07) is 4.15. The van der Waals surface area contributed by atoms with Crippen molar-refractivity contribution in [1.82, 2.24) is 0 Å². The third-order valence-electron chi connectivity index (χ3n) is 4.76. The highest BCUT2D eigenvalue weighted by Crippen LogP contribution is 2.38. The van der Waals surface area contributed by atoms with Crippen LogP contribution in [0.3, 0.4) is 0 Å². The van der Waals surface area contributed by atoms with Crippen LogP contribution in [0.2, 0.25) is 0 Å². The van der Waals surface area contributed by atoms with Crippen molar-refractivity contribution in [1.29, 1.82) is 0 Å². The maximum atomic E-state index is 13.7. The Bertz CT molecular complexity index is 502. The number of hydrogen-bond donors (Lipinski definition) is 0. The Morgan fingerprint density at radius 3 is 2.35 bits per heavy atom. The topological polar surface area (TPSA) is 0 Å². The number of rotatable bonds is 7. The molecule has 0 spiro atoms. The first kappa shape index (κ1) is 18.0. The van der Waals surface area contributed by atoms with Gasteiger partial charge in [0.1, 0.15) is 5.82 Å². The second-order valence-electron chi connectivity index (χ2n) is 6.33. The molecule has 0 radical (unpaired) electrons. The Morgan fingerprint density at radius 2 is 1.74 bits per heavy atom. The van der Waals surface area contributed by atoms with Crippen molar-refractivity contribution in [2.24, 2.45) is 5.92 Å². The van der Waals surface area contributed by atoms with Crippen molar-refractivity contribution in [2.75, 3.05) is 6.67 Å². The Kier molecular flexibility index (Phi) is 7.13. The van der Waals surface area contributed by atoms with Crippen molar-refractivity contribution < 1.29 is 17.6 Å². The largest absolute Gasteiger partial charge is 0.266 e. The minimum atomic E-state index is -2.76. The third kappa shape index (κ3) is 5.36. The molecule has 0 saturated heterocycles. The summed E-state index contributed by atoms with van der Waals surface area (Å²) in [6.07, 6.45) is 7.88. The molecule has 1 aliphatic rings. The first-order valence-corrected chi connectivity index (χ1v) is 8.40. The summed E-state index contributed by atoms with van der Waals surface area (Å²) < 4.78 is 50.8. The molecule has 0 amide bonds. The molecule has 23 heavy (non-hydrogen) atoms. The zero-order valence-electron chi connectivity index (χ0n) is 13.3. The van der Waals surface area contributed by atoms with Crippen molar-refractivity contribution >= 4 is 0 Å². The molecule has 1 fully saturated rings. The minimum Gasteiger partial charge on any atom is -0.251 e. The second-order valence-corrected chi connectivity index (χ2v) is 6.33. The summed E-state index contributed by atoms with van der Waals surface area (Å²) in [7, 11) is 0. The van der Waals surface area contributed by atoms with Crippen LogP contribution in [0.1, 0.15) is 68.4 Å². The number of hydrogen-bond acceptors (Lipinski definition) is 0. The monoisotopic (exact) mass is 328 g/mol. The Labute approximate surface area is 135 Å². The van der Waals surface area contributed by atoms with E-state index in [4.69, 9.17) is 0 Å². The van der Waals surface area contributed by atoms with Gasteiger partial charge in [0.25, 0.3) is 6.43 Å². The van der Waals surface area contributed by atoms with Crippen molar-refractivity contribution in [3.05, 3.63) is 47.3 Å². The molecule has 1 aromatic rings. The minimum absolute atomic E-state index is 0.273. The van der Waals surface area contributed by atoms with Crippen molar-refractivity contribution in [3.63, 3.8) is 0 Å². The normalized spacial score (nSPS) is 22.1. The Hall–Kier alpha value is -1.32. The van der Waals surface area contributed by atoms with E-state index in [-0.39, 0.29) is 12.6 Å². The van der Waals surface area contributed by atoms with E-state index in [0.717, 1.165) is 44.1 Å². The van der Waals surface area contributed by atoms with Gasteiger partial charge >= 0.3 is 0 Å². The molecular weight excluding hydrogens is 304 g/mol. The fourth-order valence-corrected chi connectivity index (χ4v) is 3.39. The lowest BCUT2D eigenvalue weighted by Crippen LogP contribution is -2.13. The molecule has 2 rings (SSSR count). The van der Waals surface area contributed by atoms with Crippen LogP contribution in [0, 0.1) is 11.7 Å². The molecule has 4 heteroatoms. The number of allylic oxidation sites excluding steroid dienone is 2. The van der Waals surface area contributed by atoms with Crippen LogP contribution in [-0.2, 0) is 0 Å². The van der Waals surface area contributed by atoms with Crippen LogP contribution >= 0.6 is 0 Å². The standard InChI is InChI=1S/C19H24F4/c20-12-4-2-1-3-5-14-6-8-15(9-7-14)16-10-11-17(19(22)23)18(21)13-16/h1-2,10-11,13-15,19H,3-9,12H2/t14-,15-. The number of benzene rings is 1. The van der Waals surface area contributed by atoms with E-state index < -0.39 is 17.8 Å². The molecular formula is C19H24F4. The summed E-state index contributed by atoms with van der Waals surface area (Å²) in [4.78, 5) is 0. The Balaban J connectivity index is 1.81. The smallest absolute Gasteiger partial charge is 0.251 e. The molecule has 1 aromatic carbocycles. The van der Waals surface area contributed by atoms with Crippen molar-refractivity contribution in [2.45, 2.75) is 57.3 Å². The molecule has 0 unspecified atom stereocenters. The average molecular weight is 328 g/mol. The summed E-state index contributed by atoms with van der Waals surface area (Å²) in [5.74, 6) is 0.138.